The largest absolute Gasteiger partial charge is 0.394 e. The van der Waals surface area contributed by atoms with Gasteiger partial charge < -0.3 is 30.3 Å². The number of halogens is 1. The number of benzene rings is 2. The van der Waals surface area contributed by atoms with Crippen LogP contribution in [0, 0.1) is 11.3 Å². The van der Waals surface area contributed by atoms with Crippen LogP contribution in [-0.4, -0.2) is 56.6 Å². The van der Waals surface area contributed by atoms with Crippen molar-refractivity contribution in [1.29, 1.82) is 5.26 Å². The van der Waals surface area contributed by atoms with Crippen molar-refractivity contribution in [2.75, 3.05) is 6.61 Å². The van der Waals surface area contributed by atoms with Gasteiger partial charge in [0.15, 0.2) is 0 Å². The highest BCUT2D eigenvalue weighted by Crippen LogP contribution is 2.37. The maximum atomic E-state index is 10.9. The van der Waals surface area contributed by atoms with Crippen LogP contribution in [0.1, 0.15) is 22.3 Å². The minimum absolute atomic E-state index is 0.0902. The van der Waals surface area contributed by atoms with Crippen LogP contribution in [0.25, 0.3) is 0 Å². The van der Waals surface area contributed by atoms with E-state index in [4.69, 9.17) is 16.3 Å². The smallest absolute Gasteiger partial charge is 0.222 e. The van der Waals surface area contributed by atoms with Gasteiger partial charge in [0, 0.05) is 10.6 Å². The van der Waals surface area contributed by atoms with Gasteiger partial charge in [-0.05, 0) is 41.8 Å². The summed E-state index contributed by atoms with van der Waals surface area (Å²) in [7, 11) is 0. The maximum absolute atomic E-state index is 10.9. The van der Waals surface area contributed by atoms with Crippen molar-refractivity contribution in [3.63, 3.8) is 0 Å². The number of nitriles is 1. The Morgan fingerprint density at radius 2 is 1.75 bits per heavy atom. The molecule has 0 amide bonds. The Kier molecular flexibility index (Phi) is 6.03. The molecule has 0 spiro atoms. The Balaban J connectivity index is 2.00. The molecule has 28 heavy (non-hydrogen) atoms. The number of hydrogen-bond acceptors (Lipinski definition) is 7. The lowest BCUT2D eigenvalue weighted by Gasteiger charge is -2.45. The van der Waals surface area contributed by atoms with Crippen molar-refractivity contribution in [3.05, 3.63) is 69.7 Å². The highest BCUT2D eigenvalue weighted by Gasteiger charge is 2.53. The Morgan fingerprint density at radius 3 is 2.36 bits per heavy atom. The molecule has 148 valence electrons. The Bertz CT molecular complexity index is 881. The third kappa shape index (κ3) is 3.77. The molecule has 0 aliphatic carbocycles. The molecule has 2 aromatic rings. The van der Waals surface area contributed by atoms with Gasteiger partial charge in [-0.25, -0.2) is 0 Å². The topological polar surface area (TPSA) is 134 Å². The molecule has 7 nitrogen and oxygen atoms in total. The highest BCUT2D eigenvalue weighted by atomic mass is 35.5. The van der Waals surface area contributed by atoms with Gasteiger partial charge in [-0.2, -0.15) is 5.26 Å². The molecular weight excluding hydrogens is 386 g/mol. The number of ether oxygens (including phenoxy) is 1. The minimum Gasteiger partial charge on any atom is -0.394 e. The van der Waals surface area contributed by atoms with Crippen LogP contribution < -0.4 is 0 Å². The maximum Gasteiger partial charge on any atom is 0.222 e. The molecule has 1 aliphatic heterocycles. The molecular formula is C20H20ClNO6. The first-order chi connectivity index (χ1) is 13.3. The normalized spacial score (nSPS) is 30.0. The molecule has 8 heteroatoms. The second kappa shape index (κ2) is 8.15. The van der Waals surface area contributed by atoms with Gasteiger partial charge in [0.1, 0.15) is 24.4 Å². The second-order valence-corrected chi connectivity index (χ2v) is 7.18. The van der Waals surface area contributed by atoms with E-state index in [1.807, 2.05) is 0 Å². The van der Waals surface area contributed by atoms with Crippen LogP contribution in [0.5, 0.6) is 0 Å². The fourth-order valence-electron chi connectivity index (χ4n) is 3.29. The van der Waals surface area contributed by atoms with Crippen molar-refractivity contribution in [3.8, 4) is 6.07 Å². The van der Waals surface area contributed by atoms with Crippen LogP contribution in [0.2, 0.25) is 5.02 Å². The number of nitrogens with zero attached hydrogens (tertiary/aromatic N) is 1. The van der Waals surface area contributed by atoms with E-state index in [-0.39, 0.29) is 5.56 Å². The van der Waals surface area contributed by atoms with Crippen LogP contribution in [0.3, 0.4) is 0 Å². The van der Waals surface area contributed by atoms with E-state index in [1.54, 1.807) is 24.3 Å². The fourth-order valence-corrected chi connectivity index (χ4v) is 3.41. The Hall–Kier alpha value is -2.02. The average molecular weight is 406 g/mol. The van der Waals surface area contributed by atoms with Crippen LogP contribution in [-0.2, 0) is 16.9 Å². The molecule has 5 atom stereocenters. The molecule has 5 N–H and O–H groups in total. The number of hydrogen-bond donors (Lipinski definition) is 5. The Labute approximate surface area is 166 Å². The lowest BCUT2D eigenvalue weighted by atomic mass is 9.86. The summed E-state index contributed by atoms with van der Waals surface area (Å²) >= 11 is 5.89. The van der Waals surface area contributed by atoms with E-state index in [9.17, 15) is 30.8 Å². The number of aliphatic hydroxyl groups is 5. The summed E-state index contributed by atoms with van der Waals surface area (Å²) in [5.41, 5.74) is 1.89. The first kappa shape index (κ1) is 20.7. The van der Waals surface area contributed by atoms with E-state index < -0.39 is 36.8 Å². The van der Waals surface area contributed by atoms with E-state index in [0.717, 1.165) is 5.56 Å². The molecule has 3 rings (SSSR count). The monoisotopic (exact) mass is 405 g/mol. The van der Waals surface area contributed by atoms with Crippen LogP contribution in [0.4, 0.5) is 0 Å². The summed E-state index contributed by atoms with van der Waals surface area (Å²) in [6.07, 6.45) is -6.09. The first-order valence-corrected chi connectivity index (χ1v) is 9.01. The van der Waals surface area contributed by atoms with Crippen molar-refractivity contribution in [2.45, 2.75) is 36.6 Å². The van der Waals surface area contributed by atoms with E-state index in [2.05, 4.69) is 6.07 Å². The number of aliphatic hydroxyl groups excluding tert-OH is 4. The predicted molar refractivity (Wildman–Crippen MR) is 99.3 cm³/mol. The van der Waals surface area contributed by atoms with E-state index in [1.165, 1.54) is 18.2 Å². The van der Waals surface area contributed by atoms with Gasteiger partial charge in [0.2, 0.25) is 5.79 Å². The van der Waals surface area contributed by atoms with Gasteiger partial charge in [0.25, 0.3) is 0 Å². The van der Waals surface area contributed by atoms with Gasteiger partial charge in [0.05, 0.1) is 18.2 Å². The molecule has 0 saturated carbocycles. The lowest BCUT2D eigenvalue weighted by Crippen LogP contribution is -2.63. The second-order valence-electron chi connectivity index (χ2n) is 6.75. The zero-order valence-electron chi connectivity index (χ0n) is 14.7. The molecule has 1 aliphatic rings. The SMILES string of the molecule is N#Cc1ccc(C2(O)O[C@H](CO)[C@@H](O)[C@H](O)[C@H]2O)cc1Cc1ccc(Cl)cc1. The molecule has 1 unspecified atom stereocenters. The van der Waals surface area contributed by atoms with Gasteiger partial charge in [-0.3, -0.25) is 0 Å². The zero-order chi connectivity index (χ0) is 20.5. The fraction of sp³-hybridized carbons (Fsp3) is 0.350. The van der Waals surface area contributed by atoms with Crippen molar-refractivity contribution in [1.82, 2.24) is 0 Å². The summed E-state index contributed by atoms with van der Waals surface area (Å²) in [5.74, 6) is -2.37. The van der Waals surface area contributed by atoms with Crippen molar-refractivity contribution >= 4 is 11.6 Å². The van der Waals surface area contributed by atoms with Crippen LogP contribution >= 0.6 is 11.6 Å². The summed E-state index contributed by atoms with van der Waals surface area (Å²) in [6.45, 7) is -0.666. The molecule has 0 bridgehead atoms. The average Bonchev–Trinajstić information content (AvgIpc) is 2.71. The third-order valence-electron chi connectivity index (χ3n) is 4.91. The van der Waals surface area contributed by atoms with E-state index >= 15 is 0 Å². The van der Waals surface area contributed by atoms with Crippen molar-refractivity contribution in [2.24, 2.45) is 0 Å². The van der Waals surface area contributed by atoms with E-state index in [0.29, 0.717) is 22.6 Å². The summed E-state index contributed by atoms with van der Waals surface area (Å²) in [4.78, 5) is 0. The van der Waals surface area contributed by atoms with Crippen LogP contribution in [0.15, 0.2) is 42.5 Å². The predicted octanol–water partition coefficient (Wildman–Crippen LogP) is 0.421. The number of rotatable bonds is 4. The molecule has 2 aromatic carbocycles. The zero-order valence-corrected chi connectivity index (χ0v) is 15.5. The van der Waals surface area contributed by atoms with Gasteiger partial charge in [-0.1, -0.05) is 29.8 Å². The Morgan fingerprint density at radius 1 is 1.07 bits per heavy atom. The summed E-state index contributed by atoms with van der Waals surface area (Å²) < 4.78 is 5.34. The summed E-state index contributed by atoms with van der Waals surface area (Å²) in [6, 6.07) is 13.5. The summed E-state index contributed by atoms with van der Waals surface area (Å²) in [5, 5.41) is 60.5. The molecule has 1 saturated heterocycles. The molecule has 0 radical (unpaired) electrons. The first-order valence-electron chi connectivity index (χ1n) is 8.63. The van der Waals surface area contributed by atoms with Gasteiger partial charge >= 0.3 is 0 Å². The molecule has 1 heterocycles. The molecule has 0 aromatic heterocycles. The minimum atomic E-state index is -2.37. The van der Waals surface area contributed by atoms with Gasteiger partial charge in [-0.15, -0.1) is 0 Å². The van der Waals surface area contributed by atoms with Crippen molar-refractivity contribution < 1.29 is 30.3 Å². The quantitative estimate of drug-likeness (QED) is 0.497. The molecule has 1 fully saturated rings. The lowest BCUT2D eigenvalue weighted by molar-refractivity contribution is -0.357. The standard InChI is InChI=1S/C20H20ClNO6/c21-15-5-1-11(2-6-15)7-13-8-14(4-3-12(13)9-22)20(27)19(26)18(25)17(24)16(10-23)28-20/h1-6,8,16-19,23-27H,7,10H2/t16-,17-,18+,19-,20?/m1/s1. The third-order valence-corrected chi connectivity index (χ3v) is 5.17. The highest BCUT2D eigenvalue weighted by molar-refractivity contribution is 6.30.